The Balaban J connectivity index is 1.96. The summed E-state index contributed by atoms with van der Waals surface area (Å²) in [6.07, 6.45) is -5.97. The van der Waals surface area contributed by atoms with Crippen molar-refractivity contribution in [2.45, 2.75) is 94.2 Å². The molecule has 8 nitrogen and oxygen atoms in total. The second kappa shape index (κ2) is 10.9. The molecule has 2 aliphatic rings. The van der Waals surface area contributed by atoms with Crippen molar-refractivity contribution in [1.29, 1.82) is 4.78 Å². The Morgan fingerprint density at radius 3 is 1.76 bits per heavy atom. The van der Waals surface area contributed by atoms with Gasteiger partial charge in [-0.05, 0) is 37.8 Å². The van der Waals surface area contributed by atoms with Gasteiger partial charge < -0.3 is 5.11 Å². The summed E-state index contributed by atoms with van der Waals surface area (Å²) in [5, 5.41) is 9.63. The van der Waals surface area contributed by atoms with E-state index >= 15 is 0 Å². The second-order valence-electron chi connectivity index (χ2n) is 9.32. The number of nitrogens with one attached hydrogen (secondary N) is 2. The molecule has 3 N–H and O–H groups in total. The van der Waals surface area contributed by atoms with E-state index in [-0.39, 0.29) is 5.69 Å². The molecule has 0 aliphatic heterocycles. The summed E-state index contributed by atoms with van der Waals surface area (Å²) in [5.41, 5.74) is -6.99. The molecule has 2 aliphatic carbocycles. The van der Waals surface area contributed by atoms with Crippen molar-refractivity contribution in [2.24, 2.45) is 0 Å². The third-order valence-electron chi connectivity index (χ3n) is 6.62. The molecule has 16 heteroatoms. The summed E-state index contributed by atoms with van der Waals surface area (Å²) >= 11 is 0. The van der Waals surface area contributed by atoms with Crippen LogP contribution in [0.4, 0.5) is 32.0 Å². The predicted octanol–water partition coefficient (Wildman–Crippen LogP) is 5.20. The minimum Gasteiger partial charge on any atom is -0.369 e. The maximum absolute atomic E-state index is 13.4. The SMILES string of the molecule is N=S(=O)(OS(=O)(=O)NC1CCCCC1)N(c1ccc(C(O)(C(F)(F)F)C(F)(F)F)cc1)C1CCCCC1. The summed E-state index contributed by atoms with van der Waals surface area (Å²) in [4.78, 5) is 0. The fourth-order valence-corrected chi connectivity index (χ4v) is 7.83. The number of anilines is 1. The molecule has 1 aromatic rings. The lowest BCUT2D eigenvalue weighted by atomic mass is 9.91. The standard InChI is InChI=1S/C21H29F6N3O5S2/c22-20(23,24)19(31,21(25,26)27)15-11-13-18(14-12-15)30(17-9-5-2-6-10-17)36(28,32)35-37(33,34)29-16-7-3-1-4-8-16/h11-14,16-17,28-29,31H,1-10H2. The zero-order chi connectivity index (χ0) is 27.7. The molecule has 3 rings (SSSR count). The molecule has 1 atom stereocenters. The van der Waals surface area contributed by atoms with Crippen molar-refractivity contribution in [3.8, 4) is 0 Å². The Hall–Kier alpha value is -1.62. The van der Waals surface area contributed by atoms with E-state index in [0.717, 1.165) is 42.1 Å². The van der Waals surface area contributed by atoms with E-state index in [9.17, 15) is 44.1 Å². The molecule has 1 unspecified atom stereocenters. The van der Waals surface area contributed by atoms with Crippen LogP contribution < -0.4 is 9.03 Å². The van der Waals surface area contributed by atoms with Crippen molar-refractivity contribution in [2.75, 3.05) is 4.31 Å². The fourth-order valence-electron chi connectivity index (χ4n) is 4.80. The van der Waals surface area contributed by atoms with Crippen LogP contribution in [-0.4, -0.2) is 42.2 Å². The van der Waals surface area contributed by atoms with Gasteiger partial charge in [0.1, 0.15) is 0 Å². The van der Waals surface area contributed by atoms with Gasteiger partial charge in [0.05, 0.1) is 5.69 Å². The van der Waals surface area contributed by atoms with Gasteiger partial charge in [-0.25, -0.2) is 4.78 Å². The molecule has 0 radical (unpaired) electrons. The van der Waals surface area contributed by atoms with Crippen LogP contribution in [-0.2, 0) is 29.7 Å². The normalized spacial score (nSPS) is 20.9. The van der Waals surface area contributed by atoms with Crippen LogP contribution in [0, 0.1) is 4.78 Å². The van der Waals surface area contributed by atoms with Crippen LogP contribution in [0.2, 0.25) is 0 Å². The van der Waals surface area contributed by atoms with Gasteiger partial charge >= 0.3 is 22.7 Å². The first-order chi connectivity index (χ1) is 17.0. The van der Waals surface area contributed by atoms with Crippen LogP contribution >= 0.6 is 0 Å². The highest BCUT2D eigenvalue weighted by Crippen LogP contribution is 2.50. The number of hydrogen-bond donors (Lipinski definition) is 3. The Labute approximate surface area is 211 Å². The molecule has 37 heavy (non-hydrogen) atoms. The van der Waals surface area contributed by atoms with Gasteiger partial charge in [0, 0.05) is 17.6 Å². The van der Waals surface area contributed by atoms with Gasteiger partial charge in [0.15, 0.2) is 0 Å². The number of hydrogen-bond acceptors (Lipinski definition) is 6. The third-order valence-corrected chi connectivity index (χ3v) is 9.73. The van der Waals surface area contributed by atoms with Gasteiger partial charge in [-0.1, -0.05) is 50.7 Å². The average Bonchev–Trinajstić information content (AvgIpc) is 2.77. The van der Waals surface area contributed by atoms with E-state index < -0.39 is 56.1 Å². The van der Waals surface area contributed by atoms with Gasteiger partial charge in [-0.2, -0.15) is 43.7 Å². The van der Waals surface area contributed by atoms with E-state index in [4.69, 9.17) is 8.41 Å². The first-order valence-electron chi connectivity index (χ1n) is 11.8. The van der Waals surface area contributed by atoms with E-state index in [2.05, 4.69) is 4.72 Å². The average molecular weight is 582 g/mol. The zero-order valence-electron chi connectivity index (χ0n) is 19.6. The molecule has 0 aromatic heterocycles. The maximum atomic E-state index is 13.4. The molecule has 2 fully saturated rings. The molecule has 1 aromatic carbocycles. The summed E-state index contributed by atoms with van der Waals surface area (Å²) in [7, 11) is -9.31. The number of nitrogens with zero attached hydrogens (tertiary/aromatic N) is 1. The van der Waals surface area contributed by atoms with E-state index in [1.165, 1.54) is 0 Å². The zero-order valence-corrected chi connectivity index (χ0v) is 21.3. The van der Waals surface area contributed by atoms with E-state index in [0.29, 0.717) is 50.7 Å². The molecular formula is C21H29F6N3O5S2. The second-order valence-corrected chi connectivity index (χ2v) is 12.4. The third kappa shape index (κ3) is 6.69. The predicted molar refractivity (Wildman–Crippen MR) is 123 cm³/mol. The Morgan fingerprint density at radius 2 is 1.30 bits per heavy atom. The largest absolute Gasteiger partial charge is 0.430 e. The minimum atomic E-state index is -6.10. The van der Waals surface area contributed by atoms with E-state index in [1.54, 1.807) is 0 Å². The molecule has 0 saturated heterocycles. The number of alkyl halides is 6. The fraction of sp³-hybridized carbons (Fsp3) is 0.714. The van der Waals surface area contributed by atoms with Crippen molar-refractivity contribution in [1.82, 2.24) is 4.72 Å². The van der Waals surface area contributed by atoms with Crippen molar-refractivity contribution >= 4 is 26.2 Å². The molecule has 2 saturated carbocycles. The number of benzene rings is 1. The minimum absolute atomic E-state index is 0.282. The molecule has 0 heterocycles. The van der Waals surface area contributed by atoms with Gasteiger partial charge in [-0.3, -0.25) is 4.31 Å². The molecular weight excluding hydrogens is 552 g/mol. The monoisotopic (exact) mass is 581 g/mol. The van der Waals surface area contributed by atoms with Gasteiger partial charge in [-0.15, -0.1) is 3.63 Å². The summed E-state index contributed by atoms with van der Waals surface area (Å²) in [5.74, 6) is 0. The van der Waals surface area contributed by atoms with Crippen LogP contribution in [0.15, 0.2) is 24.3 Å². The Bertz CT molecular complexity index is 1110. The van der Waals surface area contributed by atoms with Crippen LogP contribution in [0.5, 0.6) is 0 Å². The lowest BCUT2D eigenvalue weighted by Gasteiger charge is -2.36. The smallest absolute Gasteiger partial charge is 0.369 e. The van der Waals surface area contributed by atoms with Crippen molar-refractivity contribution < 1.29 is 47.7 Å². The summed E-state index contributed by atoms with van der Waals surface area (Å²) < 4.78 is 134. The lowest BCUT2D eigenvalue weighted by Crippen LogP contribution is -2.53. The van der Waals surface area contributed by atoms with Crippen LogP contribution in [0.25, 0.3) is 0 Å². The molecule has 0 bridgehead atoms. The number of halogens is 6. The highest BCUT2D eigenvalue weighted by Gasteiger charge is 2.71. The summed E-state index contributed by atoms with van der Waals surface area (Å²) in [6, 6.07) is 0.973. The highest BCUT2D eigenvalue weighted by atomic mass is 32.3. The van der Waals surface area contributed by atoms with Crippen LogP contribution in [0.1, 0.15) is 69.8 Å². The topological polar surface area (TPSA) is 120 Å². The molecule has 212 valence electrons. The first kappa shape index (κ1) is 29.9. The Kier molecular flexibility index (Phi) is 8.79. The summed E-state index contributed by atoms with van der Waals surface area (Å²) in [6.45, 7) is 0. The number of aliphatic hydroxyl groups is 1. The highest BCUT2D eigenvalue weighted by molar-refractivity contribution is 8.00. The number of rotatable bonds is 8. The first-order valence-corrected chi connectivity index (χ1v) is 14.6. The van der Waals surface area contributed by atoms with Gasteiger partial charge in [0.25, 0.3) is 15.8 Å². The quantitative estimate of drug-likeness (QED) is 0.365. The van der Waals surface area contributed by atoms with Gasteiger partial charge in [0.2, 0.25) is 0 Å². The molecule has 0 amide bonds. The van der Waals surface area contributed by atoms with Crippen molar-refractivity contribution in [3.63, 3.8) is 0 Å². The van der Waals surface area contributed by atoms with Crippen molar-refractivity contribution in [3.05, 3.63) is 29.8 Å². The Morgan fingerprint density at radius 1 is 0.838 bits per heavy atom. The molecule has 0 spiro atoms. The maximum Gasteiger partial charge on any atom is 0.430 e. The van der Waals surface area contributed by atoms with Crippen LogP contribution in [0.3, 0.4) is 0 Å². The van der Waals surface area contributed by atoms with E-state index in [1.807, 2.05) is 0 Å². The lowest BCUT2D eigenvalue weighted by molar-refractivity contribution is -0.376.